The molecule has 1 aliphatic rings. The van der Waals surface area contributed by atoms with E-state index in [4.69, 9.17) is 0 Å². The second kappa shape index (κ2) is 4.98. The second-order valence-corrected chi connectivity index (χ2v) is 5.01. The quantitative estimate of drug-likeness (QED) is 0.874. The average molecular weight is 302 g/mol. The molecule has 0 spiro atoms. The van der Waals surface area contributed by atoms with Gasteiger partial charge in [-0.2, -0.15) is 0 Å². The van der Waals surface area contributed by atoms with Crippen LogP contribution in [0.15, 0.2) is 41.7 Å². The number of aliphatic imine (C=N–C) groups is 1. The highest BCUT2D eigenvalue weighted by molar-refractivity contribution is 9.18. The molecule has 0 saturated carbocycles. The molecule has 90 valence electrons. The largest absolute Gasteiger partial charge is 0.272 e. The van der Waals surface area contributed by atoms with Crippen LogP contribution in [0, 0.1) is 0 Å². The summed E-state index contributed by atoms with van der Waals surface area (Å²) >= 11 is 3.49. The number of halogens is 1. The summed E-state index contributed by atoms with van der Waals surface area (Å²) in [5.41, 5.74) is 3.82. The van der Waals surface area contributed by atoms with Gasteiger partial charge in [0.05, 0.1) is 6.54 Å². The Labute approximate surface area is 114 Å². The number of benzene rings is 1. The Kier molecular flexibility index (Phi) is 3.19. The number of rotatable bonds is 3. The van der Waals surface area contributed by atoms with Crippen LogP contribution in [0.2, 0.25) is 0 Å². The highest BCUT2D eigenvalue weighted by Gasteiger charge is 2.13. The summed E-state index contributed by atoms with van der Waals surface area (Å²) < 4.78 is 0.968. The first-order valence-electron chi connectivity index (χ1n) is 5.91. The zero-order chi connectivity index (χ0) is 12.4. The van der Waals surface area contributed by atoms with Gasteiger partial charge < -0.3 is 0 Å². The monoisotopic (exact) mass is 301 g/mol. The fraction of sp³-hybridized carbons (Fsp3) is 0.214. The van der Waals surface area contributed by atoms with Crippen molar-refractivity contribution < 1.29 is 0 Å². The maximum atomic E-state index is 4.37. The topological polar surface area (TPSA) is 38.1 Å². The Bertz CT molecular complexity index is 593. The van der Waals surface area contributed by atoms with E-state index in [1.54, 1.807) is 12.4 Å². The van der Waals surface area contributed by atoms with Crippen molar-refractivity contribution in [3.8, 4) is 0 Å². The molecular weight excluding hydrogens is 290 g/mol. The van der Waals surface area contributed by atoms with Gasteiger partial charge in [-0.1, -0.05) is 12.1 Å². The number of fused-ring (bicyclic) bond motifs is 1. The molecule has 3 rings (SSSR count). The lowest BCUT2D eigenvalue weighted by Gasteiger charge is -2.04. The molecule has 18 heavy (non-hydrogen) atoms. The van der Waals surface area contributed by atoms with E-state index in [2.05, 4.69) is 49.1 Å². The van der Waals surface area contributed by atoms with Crippen LogP contribution >= 0.6 is 15.9 Å². The zero-order valence-electron chi connectivity index (χ0n) is 9.81. The molecule has 2 heterocycles. The maximum Gasteiger partial charge on any atom is 0.128 e. The van der Waals surface area contributed by atoms with Crippen LogP contribution in [0.4, 0.5) is 0 Å². The smallest absolute Gasteiger partial charge is 0.128 e. The van der Waals surface area contributed by atoms with Crippen LogP contribution in [0.3, 0.4) is 0 Å². The highest BCUT2D eigenvalue weighted by Crippen LogP contribution is 2.23. The molecule has 0 aliphatic carbocycles. The van der Waals surface area contributed by atoms with Crippen LogP contribution in [-0.4, -0.2) is 14.6 Å². The first kappa shape index (κ1) is 11.5. The second-order valence-electron chi connectivity index (χ2n) is 4.26. The Morgan fingerprint density at radius 1 is 1.11 bits per heavy atom. The molecule has 0 bridgehead atoms. The van der Waals surface area contributed by atoms with Gasteiger partial charge in [0.15, 0.2) is 0 Å². The molecule has 0 saturated heterocycles. The van der Waals surface area contributed by atoms with Crippen LogP contribution in [0.5, 0.6) is 0 Å². The van der Waals surface area contributed by atoms with Crippen molar-refractivity contribution in [2.45, 2.75) is 19.4 Å². The summed E-state index contributed by atoms with van der Waals surface area (Å²) in [4.78, 5) is 12.8. The molecule has 0 atom stereocenters. The van der Waals surface area contributed by atoms with Gasteiger partial charge in [0.25, 0.3) is 0 Å². The number of hydrogen-bond acceptors (Lipinski definition) is 3. The highest BCUT2D eigenvalue weighted by atomic mass is 79.9. The molecule has 2 aromatic rings. The van der Waals surface area contributed by atoms with E-state index in [-0.39, 0.29) is 0 Å². The minimum Gasteiger partial charge on any atom is -0.272 e. The van der Waals surface area contributed by atoms with Crippen LogP contribution in [0.25, 0.3) is 0 Å². The van der Waals surface area contributed by atoms with Crippen LogP contribution in [-0.2, 0) is 19.4 Å². The fourth-order valence-corrected chi connectivity index (χ4v) is 2.56. The van der Waals surface area contributed by atoms with Crippen LogP contribution in [0.1, 0.15) is 22.5 Å². The molecule has 1 aromatic carbocycles. The molecule has 0 amide bonds. The number of aromatic nitrogens is 2. The van der Waals surface area contributed by atoms with Gasteiger partial charge in [0.1, 0.15) is 10.4 Å². The van der Waals surface area contributed by atoms with Crippen molar-refractivity contribution in [2.75, 3.05) is 0 Å². The van der Waals surface area contributed by atoms with Crippen molar-refractivity contribution in [1.82, 2.24) is 9.97 Å². The van der Waals surface area contributed by atoms with E-state index in [9.17, 15) is 0 Å². The van der Waals surface area contributed by atoms with E-state index < -0.39 is 0 Å². The summed E-state index contributed by atoms with van der Waals surface area (Å²) in [6.07, 6.45) is 5.40. The molecule has 4 heteroatoms. The van der Waals surface area contributed by atoms with Crippen molar-refractivity contribution in [3.05, 3.63) is 59.2 Å². The number of aryl methyl sites for hydroxylation is 2. The SMILES string of the molecule is BrC1=NCc2ccc(CCc3ncccn3)cc21. The standard InChI is InChI=1S/C14H12BrN3/c15-14-12-8-10(2-4-11(12)9-18-14)3-5-13-16-6-1-7-17-13/h1-2,4,6-8H,3,5,9H2. The third-order valence-electron chi connectivity index (χ3n) is 3.04. The molecule has 1 aliphatic heterocycles. The van der Waals surface area contributed by atoms with Gasteiger partial charge in [-0.15, -0.1) is 0 Å². The first-order chi connectivity index (χ1) is 8.83. The third kappa shape index (κ3) is 2.34. The Morgan fingerprint density at radius 3 is 2.78 bits per heavy atom. The normalized spacial score (nSPS) is 13.3. The molecular formula is C14H12BrN3. The van der Waals surface area contributed by atoms with Gasteiger partial charge in [0, 0.05) is 24.4 Å². The first-order valence-corrected chi connectivity index (χ1v) is 6.70. The predicted octanol–water partition coefficient (Wildman–Crippen LogP) is 2.92. The van der Waals surface area contributed by atoms with E-state index >= 15 is 0 Å². The van der Waals surface area contributed by atoms with E-state index in [0.29, 0.717) is 0 Å². The summed E-state index contributed by atoms with van der Waals surface area (Å²) in [6.45, 7) is 0.790. The molecule has 3 nitrogen and oxygen atoms in total. The average Bonchev–Trinajstić information content (AvgIpc) is 2.79. The van der Waals surface area contributed by atoms with Gasteiger partial charge in [0.2, 0.25) is 0 Å². The Morgan fingerprint density at radius 2 is 1.94 bits per heavy atom. The molecule has 0 radical (unpaired) electrons. The minimum atomic E-state index is 0.790. The summed E-state index contributed by atoms with van der Waals surface area (Å²) in [5.74, 6) is 0.894. The molecule has 1 aromatic heterocycles. The van der Waals surface area contributed by atoms with Crippen molar-refractivity contribution >= 4 is 20.6 Å². The third-order valence-corrected chi connectivity index (χ3v) is 3.72. The molecule has 0 unspecified atom stereocenters. The summed E-state index contributed by atoms with van der Waals surface area (Å²) in [5, 5.41) is 0. The summed E-state index contributed by atoms with van der Waals surface area (Å²) in [7, 11) is 0. The van der Waals surface area contributed by atoms with Gasteiger partial charge >= 0.3 is 0 Å². The number of nitrogens with zero attached hydrogens (tertiary/aromatic N) is 3. The summed E-state index contributed by atoms with van der Waals surface area (Å²) in [6, 6.07) is 8.38. The van der Waals surface area contributed by atoms with Gasteiger partial charge in [-0.05, 0) is 45.6 Å². The van der Waals surface area contributed by atoms with E-state index in [1.165, 1.54) is 16.7 Å². The molecule has 0 fully saturated rings. The van der Waals surface area contributed by atoms with Gasteiger partial charge in [-0.25, -0.2) is 9.97 Å². The maximum absolute atomic E-state index is 4.37. The van der Waals surface area contributed by atoms with E-state index in [1.807, 2.05) is 6.07 Å². The lowest BCUT2D eigenvalue weighted by Crippen LogP contribution is -1.98. The fourth-order valence-electron chi connectivity index (χ4n) is 2.06. The zero-order valence-corrected chi connectivity index (χ0v) is 11.4. The lowest BCUT2D eigenvalue weighted by molar-refractivity contribution is 0.857. The number of hydrogen-bond donors (Lipinski definition) is 0. The molecule has 0 N–H and O–H groups in total. The minimum absolute atomic E-state index is 0.790. The van der Waals surface area contributed by atoms with Gasteiger partial charge in [-0.3, -0.25) is 4.99 Å². The Balaban J connectivity index is 1.74. The van der Waals surface area contributed by atoms with Crippen molar-refractivity contribution in [1.29, 1.82) is 0 Å². The van der Waals surface area contributed by atoms with Crippen LogP contribution < -0.4 is 0 Å². The predicted molar refractivity (Wildman–Crippen MR) is 75.1 cm³/mol. The van der Waals surface area contributed by atoms with E-state index in [0.717, 1.165) is 29.8 Å². The van der Waals surface area contributed by atoms with Crippen molar-refractivity contribution in [3.63, 3.8) is 0 Å². The van der Waals surface area contributed by atoms with Crippen molar-refractivity contribution in [2.24, 2.45) is 4.99 Å². The lowest BCUT2D eigenvalue weighted by atomic mass is 10.0. The Hall–Kier alpha value is -1.55.